The molecule has 0 fully saturated rings. The number of unbranched alkanes of at least 4 members (excludes halogenated alkanes) is 1. The molecule has 0 unspecified atom stereocenters. The smallest absolute Gasteiger partial charge is 0.260 e. The van der Waals surface area contributed by atoms with Gasteiger partial charge in [0.25, 0.3) is 5.91 Å². The number of hydrogen-bond donors (Lipinski definition) is 1. The van der Waals surface area contributed by atoms with E-state index in [-0.39, 0.29) is 18.1 Å². The lowest BCUT2D eigenvalue weighted by molar-refractivity contribution is -0.132. The Morgan fingerprint density at radius 1 is 1.28 bits per heavy atom. The first-order valence-electron chi connectivity index (χ1n) is 9.91. The second-order valence-corrected chi connectivity index (χ2v) is 6.54. The number of halogens is 1. The number of nitrogen functional groups attached to an aromatic ring is 1. The van der Waals surface area contributed by atoms with Crippen LogP contribution in [0.1, 0.15) is 50.3 Å². The molecule has 1 aromatic heterocycles. The fourth-order valence-corrected chi connectivity index (χ4v) is 2.57. The number of pyridine rings is 1. The molecule has 0 bridgehead atoms. The summed E-state index contributed by atoms with van der Waals surface area (Å²) >= 11 is 0. The predicted molar refractivity (Wildman–Crippen MR) is 117 cm³/mol. The van der Waals surface area contributed by atoms with Crippen LogP contribution in [0.4, 0.5) is 10.1 Å². The van der Waals surface area contributed by atoms with Crippen LogP contribution in [-0.4, -0.2) is 36.0 Å². The number of carbonyl (C=O) groups is 1. The molecule has 0 aliphatic carbocycles. The molecule has 2 N–H and O–H groups in total. The number of nitrogens with two attached hydrogens (primary N) is 1. The Kier molecular flexibility index (Phi) is 9.86. The monoisotopic (exact) mass is 401 g/mol. The van der Waals surface area contributed by atoms with Crippen LogP contribution in [0, 0.1) is 12.9 Å². The van der Waals surface area contributed by atoms with E-state index in [4.69, 9.17) is 10.5 Å². The van der Waals surface area contributed by atoms with Crippen LogP contribution in [0.25, 0.3) is 5.57 Å². The fraction of sp³-hybridized carbons (Fsp3) is 0.391. The van der Waals surface area contributed by atoms with E-state index in [0.29, 0.717) is 29.1 Å². The van der Waals surface area contributed by atoms with Gasteiger partial charge in [-0.1, -0.05) is 45.4 Å². The zero-order chi connectivity index (χ0) is 22.0. The van der Waals surface area contributed by atoms with E-state index in [1.165, 1.54) is 12.3 Å². The third-order valence-corrected chi connectivity index (χ3v) is 4.31. The van der Waals surface area contributed by atoms with Gasteiger partial charge in [0.2, 0.25) is 5.95 Å². The van der Waals surface area contributed by atoms with E-state index in [2.05, 4.69) is 18.5 Å². The molecule has 5 nitrogen and oxygen atoms in total. The molecule has 0 saturated heterocycles. The first-order chi connectivity index (χ1) is 13.8. The van der Waals surface area contributed by atoms with Crippen LogP contribution in [0.2, 0.25) is 0 Å². The number of hydrogen-bond acceptors (Lipinski definition) is 4. The van der Waals surface area contributed by atoms with Gasteiger partial charge >= 0.3 is 0 Å². The number of ether oxygens (including phenoxy) is 1. The van der Waals surface area contributed by atoms with Gasteiger partial charge in [0.05, 0.1) is 6.20 Å². The van der Waals surface area contributed by atoms with Crippen molar-refractivity contribution < 1.29 is 13.9 Å². The topological polar surface area (TPSA) is 68.5 Å². The van der Waals surface area contributed by atoms with Gasteiger partial charge in [-0.25, -0.2) is 4.98 Å². The highest BCUT2D eigenvalue weighted by atomic mass is 19.1. The molecule has 0 spiro atoms. The fourth-order valence-electron chi connectivity index (χ4n) is 2.57. The zero-order valence-corrected chi connectivity index (χ0v) is 18.1. The van der Waals surface area contributed by atoms with Crippen molar-refractivity contribution >= 4 is 17.2 Å². The first-order valence-corrected chi connectivity index (χ1v) is 9.91. The second-order valence-electron chi connectivity index (χ2n) is 6.54. The molecule has 1 aromatic carbocycles. The summed E-state index contributed by atoms with van der Waals surface area (Å²) < 4.78 is 19.8. The lowest BCUT2D eigenvalue weighted by Crippen LogP contribution is -2.32. The van der Waals surface area contributed by atoms with Gasteiger partial charge in [-0.2, -0.15) is 4.39 Å². The van der Waals surface area contributed by atoms with Crippen LogP contribution >= 0.6 is 0 Å². The molecular weight excluding hydrogens is 369 g/mol. The molecule has 0 aliphatic rings. The number of aromatic nitrogens is 1. The second kappa shape index (κ2) is 11.8. The number of likely N-dealkylation sites (N-methyl/N-ethyl adjacent to an activating group) is 1. The number of nitrogens with zero attached hydrogens (tertiary/aromatic N) is 2. The Labute approximate surface area is 173 Å². The predicted octanol–water partition coefficient (Wildman–Crippen LogP) is 4.84. The maximum atomic E-state index is 14.3. The lowest BCUT2D eigenvalue weighted by Gasteiger charge is -2.17. The summed E-state index contributed by atoms with van der Waals surface area (Å²) in [5.74, 6) is -0.508. The minimum atomic E-state index is -0.667. The van der Waals surface area contributed by atoms with Crippen LogP contribution in [0.5, 0.6) is 5.75 Å². The maximum Gasteiger partial charge on any atom is 0.260 e. The van der Waals surface area contributed by atoms with Crippen molar-refractivity contribution in [1.29, 1.82) is 0 Å². The molecule has 0 saturated carbocycles. The molecule has 6 heteroatoms. The summed E-state index contributed by atoms with van der Waals surface area (Å²) in [5, 5.41) is 0. The van der Waals surface area contributed by atoms with Gasteiger partial charge in [-0.05, 0) is 37.1 Å². The van der Waals surface area contributed by atoms with Gasteiger partial charge in [0, 0.05) is 30.4 Å². The lowest BCUT2D eigenvalue weighted by atomic mass is 9.97. The van der Waals surface area contributed by atoms with Gasteiger partial charge < -0.3 is 15.4 Å². The van der Waals surface area contributed by atoms with Crippen LogP contribution in [0.15, 0.2) is 37.0 Å². The summed E-state index contributed by atoms with van der Waals surface area (Å²) in [7, 11) is 1.73. The van der Waals surface area contributed by atoms with Crippen molar-refractivity contribution in [3.05, 3.63) is 59.7 Å². The normalized spacial score (nSPS) is 10.0. The van der Waals surface area contributed by atoms with Crippen molar-refractivity contribution in [1.82, 2.24) is 9.88 Å². The number of carbonyl (C=O) groups excluding carboxylic acids is 1. The van der Waals surface area contributed by atoms with Gasteiger partial charge in [0.15, 0.2) is 6.61 Å². The third-order valence-electron chi connectivity index (χ3n) is 4.31. The summed E-state index contributed by atoms with van der Waals surface area (Å²) in [6, 6.07) is 6.97. The number of amides is 1. The van der Waals surface area contributed by atoms with Gasteiger partial charge in [-0.3, -0.25) is 4.79 Å². The van der Waals surface area contributed by atoms with Crippen molar-refractivity contribution in [2.24, 2.45) is 0 Å². The van der Waals surface area contributed by atoms with Gasteiger partial charge in [-0.15, -0.1) is 0 Å². The SMILES string of the molecule is C=C(c1cc(C)ccc1N)c1cc(OCC(=O)N(C)CCCC)cnc1F.CC. The minimum Gasteiger partial charge on any atom is -0.482 e. The van der Waals surface area contributed by atoms with Crippen molar-refractivity contribution in [2.45, 2.75) is 40.5 Å². The number of rotatable bonds is 8. The third kappa shape index (κ3) is 6.89. The molecule has 0 radical (unpaired) electrons. The Balaban J connectivity index is 0.00000204. The van der Waals surface area contributed by atoms with E-state index in [1.807, 2.05) is 32.9 Å². The van der Waals surface area contributed by atoms with Crippen LogP contribution in [-0.2, 0) is 4.79 Å². The Bertz CT molecular complexity index is 837. The molecule has 0 aliphatic heterocycles. The Morgan fingerprint density at radius 2 is 1.97 bits per heavy atom. The largest absolute Gasteiger partial charge is 0.482 e. The summed E-state index contributed by atoms with van der Waals surface area (Å²) in [4.78, 5) is 17.4. The summed E-state index contributed by atoms with van der Waals surface area (Å²) in [6.07, 6.45) is 3.20. The standard InChI is InChI=1S/C21H26FN3O2.C2H6/c1-5-6-9-25(4)20(26)13-27-16-11-18(21(22)24-12-16)15(3)17-10-14(2)7-8-19(17)23;1-2/h7-8,10-12H,3,5-6,9,13,23H2,1-2,4H3;1-2H3. The molecule has 158 valence electrons. The number of anilines is 1. The zero-order valence-electron chi connectivity index (χ0n) is 18.1. The molecule has 29 heavy (non-hydrogen) atoms. The van der Waals surface area contributed by atoms with Crippen molar-refractivity contribution in [3.8, 4) is 5.75 Å². The van der Waals surface area contributed by atoms with Crippen LogP contribution < -0.4 is 10.5 Å². The van der Waals surface area contributed by atoms with Gasteiger partial charge in [0.1, 0.15) is 5.75 Å². The minimum absolute atomic E-state index is 0.133. The molecule has 1 heterocycles. The van der Waals surface area contributed by atoms with Crippen LogP contribution in [0.3, 0.4) is 0 Å². The first kappa shape index (κ1) is 24.1. The highest BCUT2D eigenvalue weighted by Crippen LogP contribution is 2.30. The number of aryl methyl sites for hydroxylation is 1. The average Bonchev–Trinajstić information content (AvgIpc) is 2.73. The molecule has 2 rings (SSSR count). The van der Waals surface area contributed by atoms with E-state index in [0.717, 1.165) is 18.4 Å². The molecule has 1 amide bonds. The Morgan fingerprint density at radius 3 is 2.62 bits per heavy atom. The summed E-state index contributed by atoms with van der Waals surface area (Å²) in [6.45, 7) is 12.5. The quantitative estimate of drug-likeness (QED) is 0.508. The average molecular weight is 402 g/mol. The van der Waals surface area contributed by atoms with Crippen molar-refractivity contribution in [3.63, 3.8) is 0 Å². The highest BCUT2D eigenvalue weighted by Gasteiger charge is 2.15. The number of benzene rings is 1. The van der Waals surface area contributed by atoms with Crippen molar-refractivity contribution in [2.75, 3.05) is 25.9 Å². The van der Waals surface area contributed by atoms with E-state index in [1.54, 1.807) is 18.0 Å². The summed E-state index contributed by atoms with van der Waals surface area (Å²) in [5.41, 5.74) is 8.74. The molecule has 0 atom stereocenters. The van der Waals surface area contributed by atoms with E-state index < -0.39 is 5.95 Å². The van der Waals surface area contributed by atoms with E-state index in [9.17, 15) is 9.18 Å². The highest BCUT2D eigenvalue weighted by molar-refractivity contribution is 5.84. The molecular formula is C23H32FN3O2. The maximum absolute atomic E-state index is 14.3. The Hall–Kier alpha value is -2.89. The molecule has 2 aromatic rings. The van der Waals surface area contributed by atoms with E-state index >= 15 is 0 Å².